The van der Waals surface area contributed by atoms with Gasteiger partial charge in [-0.2, -0.15) is 0 Å². The number of amides is 1. The maximum atomic E-state index is 13.0. The van der Waals surface area contributed by atoms with Crippen LogP contribution in [0.4, 0.5) is 13.9 Å². The number of aromatic nitrogens is 1. The van der Waals surface area contributed by atoms with Gasteiger partial charge in [0.2, 0.25) is 0 Å². The van der Waals surface area contributed by atoms with Gasteiger partial charge in [-0.25, -0.2) is 13.8 Å². The predicted octanol–water partition coefficient (Wildman–Crippen LogP) is 4.52. The maximum Gasteiger partial charge on any atom is 0.263 e. The number of halogens is 2. The highest BCUT2D eigenvalue weighted by atomic mass is 32.1. The molecule has 2 N–H and O–H groups in total. The molecule has 0 aliphatic heterocycles. The van der Waals surface area contributed by atoms with Gasteiger partial charge in [0.05, 0.1) is 5.69 Å². The Labute approximate surface area is 183 Å². The molecule has 8 heteroatoms. The monoisotopic (exact) mass is 443 g/mol. The van der Waals surface area contributed by atoms with E-state index in [0.29, 0.717) is 41.6 Å². The number of aldehydes is 1. The van der Waals surface area contributed by atoms with Crippen LogP contribution in [-0.4, -0.2) is 23.7 Å². The number of hydrogen-bond acceptors (Lipinski definition) is 5. The van der Waals surface area contributed by atoms with Gasteiger partial charge in [0.1, 0.15) is 22.8 Å². The number of carbonyl (C=O) groups is 2. The molecule has 0 radical (unpaired) electrons. The van der Waals surface area contributed by atoms with E-state index >= 15 is 0 Å². The molecule has 31 heavy (non-hydrogen) atoms. The van der Waals surface area contributed by atoms with Gasteiger partial charge in [0.15, 0.2) is 5.13 Å². The lowest BCUT2D eigenvalue weighted by Crippen LogP contribution is -2.22. The van der Waals surface area contributed by atoms with Gasteiger partial charge in [-0.3, -0.25) is 4.79 Å². The molecule has 0 saturated carbocycles. The second-order valence-corrected chi connectivity index (χ2v) is 8.18. The molecular weight excluding hydrogens is 420 g/mol. The third-order valence-electron chi connectivity index (χ3n) is 4.76. The first-order valence-corrected chi connectivity index (χ1v) is 10.7. The predicted molar refractivity (Wildman–Crippen MR) is 117 cm³/mol. The average molecular weight is 444 g/mol. The lowest BCUT2D eigenvalue weighted by atomic mass is 9.97. The van der Waals surface area contributed by atoms with E-state index < -0.39 is 0 Å². The summed E-state index contributed by atoms with van der Waals surface area (Å²) >= 11 is 1.25. The zero-order chi connectivity index (χ0) is 22.2. The van der Waals surface area contributed by atoms with E-state index in [-0.39, 0.29) is 23.5 Å². The zero-order valence-electron chi connectivity index (χ0n) is 17.0. The van der Waals surface area contributed by atoms with Crippen molar-refractivity contribution < 1.29 is 18.4 Å². The van der Waals surface area contributed by atoms with Gasteiger partial charge < -0.3 is 15.4 Å². The minimum atomic E-state index is -0.321. The molecule has 1 aromatic heterocycles. The van der Waals surface area contributed by atoms with Crippen molar-refractivity contribution in [2.24, 2.45) is 5.92 Å². The summed E-state index contributed by atoms with van der Waals surface area (Å²) in [6, 6.07) is 12.1. The Morgan fingerprint density at radius 2 is 1.68 bits per heavy atom. The Balaban J connectivity index is 1.49. The molecule has 0 aliphatic carbocycles. The third kappa shape index (κ3) is 6.68. The molecule has 1 atom stereocenters. The molecule has 1 unspecified atom stereocenters. The van der Waals surface area contributed by atoms with Crippen LogP contribution in [0.3, 0.4) is 0 Å². The molecule has 5 nitrogen and oxygen atoms in total. The van der Waals surface area contributed by atoms with Crippen molar-refractivity contribution in [3.05, 3.63) is 81.9 Å². The fourth-order valence-corrected chi connectivity index (χ4v) is 3.96. The van der Waals surface area contributed by atoms with Crippen molar-refractivity contribution in [3.8, 4) is 0 Å². The van der Waals surface area contributed by atoms with Gasteiger partial charge in [0.25, 0.3) is 5.91 Å². The molecule has 2 aromatic carbocycles. The highest BCUT2D eigenvalue weighted by molar-refractivity contribution is 7.17. The highest BCUT2D eigenvalue weighted by Crippen LogP contribution is 2.23. The number of nitrogens with one attached hydrogen (secondary N) is 2. The molecule has 1 heterocycles. The first-order valence-electron chi connectivity index (χ1n) is 9.88. The van der Waals surface area contributed by atoms with Crippen LogP contribution in [-0.2, 0) is 17.8 Å². The molecule has 0 saturated heterocycles. The summed E-state index contributed by atoms with van der Waals surface area (Å²) in [4.78, 5) is 28.7. The van der Waals surface area contributed by atoms with Gasteiger partial charge in [-0.1, -0.05) is 35.6 Å². The minimum Gasteiger partial charge on any atom is -0.361 e. The standard InChI is InChI=1S/C23H23F2N3O2S/c1-15-21(22(30)27-13-17-4-8-20(25)9-5-17)31-23(28-15)26-11-10-18(14-29)12-16-2-6-19(24)7-3-16/h2-9,14,18H,10-13H2,1H3,(H,26,28)(H,27,30). The zero-order valence-corrected chi connectivity index (χ0v) is 17.8. The third-order valence-corrected chi connectivity index (χ3v) is 5.88. The number of aryl methyl sites for hydroxylation is 1. The number of anilines is 1. The fraction of sp³-hybridized carbons (Fsp3) is 0.261. The van der Waals surface area contributed by atoms with Gasteiger partial charge in [-0.05, 0) is 55.2 Å². The Morgan fingerprint density at radius 1 is 1.06 bits per heavy atom. The van der Waals surface area contributed by atoms with Crippen LogP contribution < -0.4 is 10.6 Å². The van der Waals surface area contributed by atoms with Crippen LogP contribution in [0.15, 0.2) is 48.5 Å². The second kappa shape index (κ2) is 10.8. The van der Waals surface area contributed by atoms with Crippen molar-refractivity contribution in [2.75, 3.05) is 11.9 Å². The van der Waals surface area contributed by atoms with Crippen molar-refractivity contribution in [2.45, 2.75) is 26.3 Å². The smallest absolute Gasteiger partial charge is 0.263 e. The molecule has 0 spiro atoms. The summed E-state index contributed by atoms with van der Waals surface area (Å²) in [5.41, 5.74) is 2.32. The Hall–Kier alpha value is -3.13. The summed E-state index contributed by atoms with van der Waals surface area (Å²) in [6.45, 7) is 2.58. The van der Waals surface area contributed by atoms with Crippen molar-refractivity contribution in [3.63, 3.8) is 0 Å². The van der Waals surface area contributed by atoms with Gasteiger partial charge >= 0.3 is 0 Å². The Bertz CT molecular complexity index is 1020. The van der Waals surface area contributed by atoms with Crippen molar-refractivity contribution in [1.82, 2.24) is 10.3 Å². The normalized spacial score (nSPS) is 11.7. The van der Waals surface area contributed by atoms with E-state index in [9.17, 15) is 18.4 Å². The van der Waals surface area contributed by atoms with E-state index in [0.717, 1.165) is 17.4 Å². The van der Waals surface area contributed by atoms with E-state index in [4.69, 9.17) is 0 Å². The first-order chi connectivity index (χ1) is 14.9. The van der Waals surface area contributed by atoms with Crippen LogP contribution in [0.5, 0.6) is 0 Å². The topological polar surface area (TPSA) is 71.1 Å². The van der Waals surface area contributed by atoms with Crippen LogP contribution in [0, 0.1) is 24.5 Å². The lowest BCUT2D eigenvalue weighted by molar-refractivity contribution is -0.111. The number of carbonyl (C=O) groups excluding carboxylic acids is 2. The van der Waals surface area contributed by atoms with Crippen molar-refractivity contribution in [1.29, 1.82) is 0 Å². The quantitative estimate of drug-likeness (QED) is 0.452. The minimum absolute atomic E-state index is 0.197. The molecule has 0 fully saturated rings. The van der Waals surface area contributed by atoms with E-state index in [1.54, 1.807) is 31.2 Å². The number of nitrogens with zero attached hydrogens (tertiary/aromatic N) is 1. The lowest BCUT2D eigenvalue weighted by Gasteiger charge is -2.10. The SMILES string of the molecule is Cc1nc(NCCC(C=O)Cc2ccc(F)cc2)sc1C(=O)NCc1ccc(F)cc1. The number of rotatable bonds is 10. The maximum absolute atomic E-state index is 13.0. The molecular formula is C23H23F2N3O2S. The first kappa shape index (κ1) is 22.6. The van der Waals surface area contributed by atoms with E-state index in [2.05, 4.69) is 15.6 Å². The molecule has 162 valence electrons. The number of hydrogen-bond donors (Lipinski definition) is 2. The summed E-state index contributed by atoms with van der Waals surface area (Å²) in [6.07, 6.45) is 2.04. The summed E-state index contributed by atoms with van der Waals surface area (Å²) in [5.74, 6) is -1.06. The summed E-state index contributed by atoms with van der Waals surface area (Å²) < 4.78 is 26.0. The summed E-state index contributed by atoms with van der Waals surface area (Å²) in [7, 11) is 0. The Morgan fingerprint density at radius 3 is 2.29 bits per heavy atom. The van der Waals surface area contributed by atoms with Crippen LogP contribution in [0.25, 0.3) is 0 Å². The fourth-order valence-electron chi connectivity index (χ4n) is 3.05. The van der Waals surface area contributed by atoms with Crippen molar-refractivity contribution >= 4 is 28.7 Å². The largest absolute Gasteiger partial charge is 0.361 e. The van der Waals surface area contributed by atoms with E-state index in [1.807, 2.05) is 0 Å². The molecule has 3 aromatic rings. The molecule has 3 rings (SSSR count). The van der Waals surface area contributed by atoms with Crippen LogP contribution in [0.1, 0.15) is 32.9 Å². The van der Waals surface area contributed by atoms with Crippen LogP contribution >= 0.6 is 11.3 Å². The van der Waals surface area contributed by atoms with E-state index in [1.165, 1.54) is 35.6 Å². The second-order valence-electron chi connectivity index (χ2n) is 7.18. The average Bonchev–Trinajstić information content (AvgIpc) is 3.14. The van der Waals surface area contributed by atoms with Gasteiger partial charge in [0, 0.05) is 19.0 Å². The highest BCUT2D eigenvalue weighted by Gasteiger charge is 2.16. The number of thiazole rings is 1. The molecule has 0 bridgehead atoms. The molecule has 1 amide bonds. The number of benzene rings is 2. The van der Waals surface area contributed by atoms with Crippen LogP contribution in [0.2, 0.25) is 0 Å². The summed E-state index contributed by atoms with van der Waals surface area (Å²) in [5, 5.41) is 6.59. The van der Waals surface area contributed by atoms with Gasteiger partial charge in [-0.15, -0.1) is 0 Å². The molecule has 0 aliphatic rings. The Kier molecular flexibility index (Phi) is 7.83.